The van der Waals surface area contributed by atoms with Crippen LogP contribution in [0.15, 0.2) is 0 Å². The molecule has 1 aliphatic carbocycles. The topological polar surface area (TPSA) is 55.8 Å². The molecule has 1 saturated heterocycles. The molecule has 0 aromatic carbocycles. The van der Waals surface area contributed by atoms with E-state index >= 15 is 0 Å². The Labute approximate surface area is 128 Å². The van der Waals surface area contributed by atoms with E-state index in [9.17, 15) is 4.79 Å². The highest BCUT2D eigenvalue weighted by molar-refractivity contribution is 5.78. The summed E-state index contributed by atoms with van der Waals surface area (Å²) in [4.78, 5) is 16.7. The Hall–Kier alpha value is -0.650. The van der Waals surface area contributed by atoms with Crippen molar-refractivity contribution >= 4 is 5.91 Å². The minimum Gasteiger partial charge on any atom is -0.395 e. The van der Waals surface area contributed by atoms with Crippen LogP contribution >= 0.6 is 0 Å². The fourth-order valence-electron chi connectivity index (χ4n) is 3.45. The van der Waals surface area contributed by atoms with Gasteiger partial charge in [-0.2, -0.15) is 0 Å². The van der Waals surface area contributed by atoms with Gasteiger partial charge in [-0.3, -0.25) is 14.6 Å². The largest absolute Gasteiger partial charge is 0.395 e. The van der Waals surface area contributed by atoms with Crippen LogP contribution in [0.2, 0.25) is 0 Å². The van der Waals surface area contributed by atoms with E-state index in [4.69, 9.17) is 5.11 Å². The molecule has 0 radical (unpaired) electrons. The number of hydrogen-bond acceptors (Lipinski definition) is 4. The van der Waals surface area contributed by atoms with E-state index in [0.29, 0.717) is 12.6 Å². The molecule has 2 rings (SSSR count). The van der Waals surface area contributed by atoms with Crippen molar-refractivity contribution in [3.05, 3.63) is 0 Å². The molecule has 122 valence electrons. The van der Waals surface area contributed by atoms with Crippen LogP contribution in [0.3, 0.4) is 0 Å². The van der Waals surface area contributed by atoms with Crippen molar-refractivity contribution in [2.75, 3.05) is 45.9 Å². The van der Waals surface area contributed by atoms with Crippen molar-refractivity contribution in [2.24, 2.45) is 0 Å². The van der Waals surface area contributed by atoms with Gasteiger partial charge in [0, 0.05) is 25.7 Å². The van der Waals surface area contributed by atoms with E-state index in [0.717, 1.165) is 52.0 Å². The van der Waals surface area contributed by atoms with Gasteiger partial charge in [0.15, 0.2) is 0 Å². The SMILES string of the molecule is O=C(CN1CCCN(CCO)CC1)NC1CCCCCC1. The molecule has 0 aromatic heterocycles. The fourth-order valence-corrected chi connectivity index (χ4v) is 3.45. The number of nitrogens with one attached hydrogen (secondary N) is 1. The van der Waals surface area contributed by atoms with Gasteiger partial charge in [-0.1, -0.05) is 25.7 Å². The zero-order valence-electron chi connectivity index (χ0n) is 13.2. The zero-order chi connectivity index (χ0) is 14.9. The lowest BCUT2D eigenvalue weighted by Crippen LogP contribution is -2.43. The minimum atomic E-state index is 0.192. The molecule has 0 bridgehead atoms. The van der Waals surface area contributed by atoms with E-state index in [-0.39, 0.29) is 12.5 Å². The summed E-state index contributed by atoms with van der Waals surface area (Å²) >= 11 is 0. The summed E-state index contributed by atoms with van der Waals surface area (Å²) in [6.07, 6.45) is 8.52. The van der Waals surface area contributed by atoms with Crippen molar-refractivity contribution < 1.29 is 9.90 Å². The third-order valence-electron chi connectivity index (χ3n) is 4.68. The number of carbonyl (C=O) groups is 1. The molecule has 21 heavy (non-hydrogen) atoms. The molecule has 1 saturated carbocycles. The van der Waals surface area contributed by atoms with Crippen molar-refractivity contribution in [2.45, 2.75) is 51.0 Å². The van der Waals surface area contributed by atoms with Crippen LogP contribution in [0.5, 0.6) is 0 Å². The Morgan fingerprint density at radius 1 is 0.952 bits per heavy atom. The summed E-state index contributed by atoms with van der Waals surface area (Å²) in [5.41, 5.74) is 0. The standard InChI is InChI=1S/C16H31N3O2/c20-13-12-18-8-5-9-19(11-10-18)14-16(21)17-15-6-3-1-2-4-7-15/h15,20H,1-14H2,(H,17,21). The van der Waals surface area contributed by atoms with Gasteiger partial charge in [0.25, 0.3) is 0 Å². The molecule has 1 amide bonds. The molecule has 5 heteroatoms. The first-order valence-electron chi connectivity index (χ1n) is 8.63. The highest BCUT2D eigenvalue weighted by Gasteiger charge is 2.19. The summed E-state index contributed by atoms with van der Waals surface area (Å²) in [6, 6.07) is 0.401. The molecular formula is C16H31N3O2. The van der Waals surface area contributed by atoms with Crippen molar-refractivity contribution in [3.63, 3.8) is 0 Å². The van der Waals surface area contributed by atoms with Crippen LogP contribution in [0.1, 0.15) is 44.9 Å². The number of carbonyl (C=O) groups excluding carboxylic acids is 1. The predicted molar refractivity (Wildman–Crippen MR) is 84.2 cm³/mol. The predicted octanol–water partition coefficient (Wildman–Crippen LogP) is 0.825. The van der Waals surface area contributed by atoms with E-state index in [1.807, 2.05) is 0 Å². The highest BCUT2D eigenvalue weighted by Crippen LogP contribution is 2.17. The quantitative estimate of drug-likeness (QED) is 0.738. The number of β-amino-alcohol motifs (C(OH)–C–C–N with tert-alkyl or cyclic N) is 1. The van der Waals surface area contributed by atoms with Gasteiger partial charge in [0.2, 0.25) is 5.91 Å². The third kappa shape index (κ3) is 6.32. The molecule has 1 aliphatic heterocycles. The van der Waals surface area contributed by atoms with Gasteiger partial charge in [-0.25, -0.2) is 0 Å². The van der Waals surface area contributed by atoms with Gasteiger partial charge in [-0.05, 0) is 32.4 Å². The fraction of sp³-hybridized carbons (Fsp3) is 0.938. The Morgan fingerprint density at radius 3 is 2.33 bits per heavy atom. The summed E-state index contributed by atoms with van der Waals surface area (Å²) in [6.45, 7) is 5.41. The first kappa shape index (κ1) is 16.7. The van der Waals surface area contributed by atoms with Gasteiger partial charge < -0.3 is 10.4 Å². The average Bonchev–Trinajstić information content (AvgIpc) is 2.83. The first-order valence-corrected chi connectivity index (χ1v) is 8.63. The van der Waals surface area contributed by atoms with Crippen LogP contribution < -0.4 is 5.32 Å². The number of aliphatic hydroxyl groups excluding tert-OH is 1. The number of aliphatic hydroxyl groups is 1. The smallest absolute Gasteiger partial charge is 0.234 e. The van der Waals surface area contributed by atoms with Crippen LogP contribution in [-0.2, 0) is 4.79 Å². The molecule has 2 aliphatic rings. The second-order valence-electron chi connectivity index (χ2n) is 6.45. The molecule has 0 atom stereocenters. The van der Waals surface area contributed by atoms with Crippen LogP contribution in [0.4, 0.5) is 0 Å². The summed E-state index contributed by atoms with van der Waals surface area (Å²) in [7, 11) is 0. The summed E-state index contributed by atoms with van der Waals surface area (Å²) in [5.74, 6) is 0.192. The zero-order valence-corrected chi connectivity index (χ0v) is 13.2. The Morgan fingerprint density at radius 2 is 1.62 bits per heavy atom. The van der Waals surface area contributed by atoms with Crippen LogP contribution in [0.25, 0.3) is 0 Å². The number of hydrogen-bond donors (Lipinski definition) is 2. The van der Waals surface area contributed by atoms with Gasteiger partial charge in [0.1, 0.15) is 0 Å². The maximum absolute atomic E-state index is 12.2. The highest BCUT2D eigenvalue weighted by atomic mass is 16.3. The minimum absolute atomic E-state index is 0.192. The molecule has 0 unspecified atom stereocenters. The summed E-state index contributed by atoms with van der Waals surface area (Å²) < 4.78 is 0. The Balaban J connectivity index is 1.69. The van der Waals surface area contributed by atoms with Gasteiger partial charge in [0.05, 0.1) is 13.2 Å². The van der Waals surface area contributed by atoms with Crippen LogP contribution in [-0.4, -0.2) is 72.7 Å². The van der Waals surface area contributed by atoms with E-state index in [1.165, 1.54) is 25.7 Å². The molecule has 5 nitrogen and oxygen atoms in total. The number of amides is 1. The maximum atomic E-state index is 12.2. The molecule has 1 heterocycles. The Kier molecular flexibility index (Phi) is 7.47. The van der Waals surface area contributed by atoms with Crippen molar-refractivity contribution in [3.8, 4) is 0 Å². The van der Waals surface area contributed by atoms with E-state index in [1.54, 1.807) is 0 Å². The van der Waals surface area contributed by atoms with E-state index < -0.39 is 0 Å². The second-order valence-corrected chi connectivity index (χ2v) is 6.45. The molecule has 0 aromatic rings. The lowest BCUT2D eigenvalue weighted by molar-refractivity contribution is -0.123. The number of nitrogens with zero attached hydrogens (tertiary/aromatic N) is 2. The van der Waals surface area contributed by atoms with Crippen molar-refractivity contribution in [1.82, 2.24) is 15.1 Å². The lowest BCUT2D eigenvalue weighted by Gasteiger charge is -2.22. The molecule has 2 fully saturated rings. The third-order valence-corrected chi connectivity index (χ3v) is 4.68. The van der Waals surface area contributed by atoms with Crippen molar-refractivity contribution in [1.29, 1.82) is 0 Å². The summed E-state index contributed by atoms with van der Waals surface area (Å²) in [5, 5.41) is 12.2. The van der Waals surface area contributed by atoms with Crippen LogP contribution in [0, 0.1) is 0 Å². The van der Waals surface area contributed by atoms with Gasteiger partial charge in [-0.15, -0.1) is 0 Å². The number of rotatable bonds is 5. The Bertz CT molecular complexity index is 304. The lowest BCUT2D eigenvalue weighted by atomic mass is 10.1. The average molecular weight is 297 g/mol. The second kappa shape index (κ2) is 9.38. The molecular weight excluding hydrogens is 266 g/mol. The normalized spacial score (nSPS) is 23.5. The maximum Gasteiger partial charge on any atom is 0.234 e. The monoisotopic (exact) mass is 297 g/mol. The molecule has 2 N–H and O–H groups in total. The van der Waals surface area contributed by atoms with E-state index in [2.05, 4.69) is 15.1 Å². The van der Waals surface area contributed by atoms with Gasteiger partial charge >= 0.3 is 0 Å². The first-order chi connectivity index (χ1) is 10.3. The molecule has 0 spiro atoms.